The molecule has 3 aromatic rings. The van der Waals surface area contributed by atoms with Crippen LogP contribution in [0.25, 0.3) is 11.0 Å². The number of nitrogens with zero attached hydrogens (tertiary/aromatic N) is 4. The molecule has 6 heteroatoms. The number of fused-ring (bicyclic) bond motifs is 1. The van der Waals surface area contributed by atoms with Crippen LogP contribution in [-0.4, -0.2) is 39.0 Å². The fourth-order valence-electron chi connectivity index (χ4n) is 2.60. The van der Waals surface area contributed by atoms with Crippen molar-refractivity contribution in [1.29, 1.82) is 0 Å². The van der Waals surface area contributed by atoms with E-state index in [1.54, 1.807) is 4.68 Å². The van der Waals surface area contributed by atoms with Crippen molar-refractivity contribution in [1.82, 2.24) is 19.9 Å². The normalized spacial score (nSPS) is 11.1. The quantitative estimate of drug-likeness (QED) is 0.625. The Balaban J connectivity index is 1.79. The molecule has 0 spiro atoms. The van der Waals surface area contributed by atoms with Gasteiger partial charge in [0.15, 0.2) is 0 Å². The lowest BCUT2D eigenvalue weighted by molar-refractivity contribution is -0.145. The molecule has 124 valence electrons. The van der Waals surface area contributed by atoms with Gasteiger partial charge in [0.05, 0.1) is 25.3 Å². The van der Waals surface area contributed by atoms with Gasteiger partial charge in [-0.3, -0.25) is 9.69 Å². The van der Waals surface area contributed by atoms with Gasteiger partial charge in [-0.25, -0.2) is 4.68 Å². The van der Waals surface area contributed by atoms with Crippen LogP contribution in [0.4, 0.5) is 0 Å². The zero-order valence-electron chi connectivity index (χ0n) is 13.6. The highest BCUT2D eigenvalue weighted by Gasteiger charge is 2.15. The van der Waals surface area contributed by atoms with Gasteiger partial charge in [-0.1, -0.05) is 47.7 Å². The van der Waals surface area contributed by atoms with Crippen LogP contribution in [0.5, 0.6) is 0 Å². The molecule has 0 aliphatic heterocycles. The van der Waals surface area contributed by atoms with Crippen molar-refractivity contribution in [2.45, 2.75) is 20.1 Å². The van der Waals surface area contributed by atoms with Crippen molar-refractivity contribution in [3.63, 3.8) is 0 Å². The van der Waals surface area contributed by atoms with E-state index in [0.717, 1.165) is 16.6 Å². The molecule has 0 aliphatic rings. The standard InChI is InChI=1S/C18H20N4O2/c1-2-24-18(23)13-21(12-15-8-4-3-5-9-15)14-22-17-11-7-6-10-16(17)19-20-22/h3-11H,2,12-14H2,1H3. The lowest BCUT2D eigenvalue weighted by atomic mass is 10.2. The third kappa shape index (κ3) is 3.97. The molecule has 0 atom stereocenters. The summed E-state index contributed by atoms with van der Waals surface area (Å²) in [7, 11) is 0. The third-order valence-electron chi connectivity index (χ3n) is 3.66. The van der Waals surface area contributed by atoms with Crippen molar-refractivity contribution in [2.24, 2.45) is 0 Å². The van der Waals surface area contributed by atoms with E-state index in [0.29, 0.717) is 19.8 Å². The second-order valence-corrected chi connectivity index (χ2v) is 5.50. The Labute approximate surface area is 140 Å². The zero-order chi connectivity index (χ0) is 16.8. The maximum absolute atomic E-state index is 11.9. The molecule has 0 saturated heterocycles. The minimum Gasteiger partial charge on any atom is -0.465 e. The lowest BCUT2D eigenvalue weighted by Crippen LogP contribution is -2.33. The molecule has 0 radical (unpaired) electrons. The Morgan fingerprint density at radius 2 is 1.88 bits per heavy atom. The van der Waals surface area contributed by atoms with E-state index in [4.69, 9.17) is 4.74 Å². The maximum atomic E-state index is 11.9. The number of benzene rings is 2. The largest absolute Gasteiger partial charge is 0.465 e. The average Bonchev–Trinajstić information content (AvgIpc) is 2.99. The molecule has 0 unspecified atom stereocenters. The predicted molar refractivity (Wildman–Crippen MR) is 91.0 cm³/mol. The van der Waals surface area contributed by atoms with E-state index in [1.807, 2.05) is 66.4 Å². The molecular formula is C18H20N4O2. The first kappa shape index (κ1) is 16.1. The average molecular weight is 324 g/mol. The highest BCUT2D eigenvalue weighted by Crippen LogP contribution is 2.12. The first-order valence-corrected chi connectivity index (χ1v) is 7.96. The third-order valence-corrected chi connectivity index (χ3v) is 3.66. The second kappa shape index (κ2) is 7.70. The van der Waals surface area contributed by atoms with Crippen LogP contribution in [0.3, 0.4) is 0 Å². The topological polar surface area (TPSA) is 60.2 Å². The Hall–Kier alpha value is -2.73. The number of carbonyl (C=O) groups excluding carboxylic acids is 1. The molecule has 0 bridgehead atoms. The molecule has 6 nitrogen and oxygen atoms in total. The number of carbonyl (C=O) groups is 1. The SMILES string of the molecule is CCOC(=O)CN(Cc1ccccc1)Cn1nnc2ccccc21. The van der Waals surface area contributed by atoms with Gasteiger partial charge in [-0.05, 0) is 24.6 Å². The molecule has 2 aromatic carbocycles. The highest BCUT2D eigenvalue weighted by molar-refractivity contribution is 5.74. The molecule has 0 saturated carbocycles. The molecular weight excluding hydrogens is 304 g/mol. The van der Waals surface area contributed by atoms with Crippen LogP contribution >= 0.6 is 0 Å². The Morgan fingerprint density at radius 3 is 2.67 bits per heavy atom. The maximum Gasteiger partial charge on any atom is 0.320 e. The number of ether oxygens (including phenoxy) is 1. The van der Waals surface area contributed by atoms with Crippen molar-refractivity contribution in [3.8, 4) is 0 Å². The summed E-state index contributed by atoms with van der Waals surface area (Å²) in [6, 6.07) is 17.8. The zero-order valence-corrected chi connectivity index (χ0v) is 13.6. The summed E-state index contributed by atoms with van der Waals surface area (Å²) in [5.74, 6) is -0.238. The van der Waals surface area contributed by atoms with Gasteiger partial charge in [0.25, 0.3) is 0 Å². The number of esters is 1. The number of aromatic nitrogens is 3. The van der Waals surface area contributed by atoms with Gasteiger partial charge in [0, 0.05) is 6.54 Å². The molecule has 1 heterocycles. The van der Waals surface area contributed by atoms with Crippen molar-refractivity contribution in [3.05, 3.63) is 60.2 Å². The number of rotatable bonds is 7. The van der Waals surface area contributed by atoms with Crippen molar-refractivity contribution >= 4 is 17.0 Å². The number of para-hydroxylation sites is 1. The summed E-state index contributed by atoms with van der Waals surface area (Å²) < 4.78 is 6.89. The Morgan fingerprint density at radius 1 is 1.12 bits per heavy atom. The first-order chi connectivity index (χ1) is 11.8. The van der Waals surface area contributed by atoms with Crippen LogP contribution in [0.1, 0.15) is 12.5 Å². The Bertz CT molecular complexity index is 801. The summed E-state index contributed by atoms with van der Waals surface area (Å²) in [5.41, 5.74) is 2.92. The molecule has 1 aromatic heterocycles. The smallest absolute Gasteiger partial charge is 0.320 e. The van der Waals surface area contributed by atoms with E-state index >= 15 is 0 Å². The Kier molecular flexibility index (Phi) is 5.18. The lowest BCUT2D eigenvalue weighted by Gasteiger charge is -2.21. The summed E-state index contributed by atoms with van der Waals surface area (Å²) in [5, 5.41) is 8.37. The van der Waals surface area contributed by atoms with E-state index in [9.17, 15) is 4.79 Å². The number of hydrogen-bond acceptors (Lipinski definition) is 5. The fraction of sp³-hybridized carbons (Fsp3) is 0.278. The summed E-state index contributed by atoms with van der Waals surface area (Å²) in [6.07, 6.45) is 0. The van der Waals surface area contributed by atoms with E-state index in [1.165, 1.54) is 0 Å². The molecule has 3 rings (SSSR count). The van der Waals surface area contributed by atoms with Crippen LogP contribution in [0.15, 0.2) is 54.6 Å². The molecule has 24 heavy (non-hydrogen) atoms. The molecule has 0 aliphatic carbocycles. The van der Waals surface area contributed by atoms with Gasteiger partial charge >= 0.3 is 5.97 Å². The van der Waals surface area contributed by atoms with Crippen molar-refractivity contribution in [2.75, 3.05) is 13.2 Å². The second-order valence-electron chi connectivity index (χ2n) is 5.50. The van der Waals surface area contributed by atoms with Crippen LogP contribution in [0, 0.1) is 0 Å². The minimum atomic E-state index is -0.238. The van der Waals surface area contributed by atoms with Gasteiger partial charge in [0.2, 0.25) is 0 Å². The van der Waals surface area contributed by atoms with Gasteiger partial charge in [-0.15, -0.1) is 5.10 Å². The monoisotopic (exact) mass is 324 g/mol. The first-order valence-electron chi connectivity index (χ1n) is 7.96. The van der Waals surface area contributed by atoms with Crippen LogP contribution < -0.4 is 0 Å². The number of hydrogen-bond donors (Lipinski definition) is 0. The van der Waals surface area contributed by atoms with Crippen LogP contribution in [-0.2, 0) is 22.7 Å². The van der Waals surface area contributed by atoms with Crippen molar-refractivity contribution < 1.29 is 9.53 Å². The molecule has 0 N–H and O–H groups in total. The van der Waals surface area contributed by atoms with Crippen LogP contribution in [0.2, 0.25) is 0 Å². The highest BCUT2D eigenvalue weighted by atomic mass is 16.5. The predicted octanol–water partition coefficient (Wildman–Crippen LogP) is 2.45. The molecule has 0 fully saturated rings. The van der Waals surface area contributed by atoms with E-state index in [2.05, 4.69) is 10.3 Å². The summed E-state index contributed by atoms with van der Waals surface area (Å²) in [6.45, 7) is 3.49. The fourth-order valence-corrected chi connectivity index (χ4v) is 2.60. The molecule has 0 amide bonds. The van der Waals surface area contributed by atoms with E-state index < -0.39 is 0 Å². The summed E-state index contributed by atoms with van der Waals surface area (Å²) >= 11 is 0. The van der Waals surface area contributed by atoms with E-state index in [-0.39, 0.29) is 12.5 Å². The minimum absolute atomic E-state index is 0.205. The van der Waals surface area contributed by atoms with Gasteiger partial charge in [0.1, 0.15) is 5.52 Å². The van der Waals surface area contributed by atoms with Gasteiger partial charge < -0.3 is 4.74 Å². The summed E-state index contributed by atoms with van der Waals surface area (Å²) in [4.78, 5) is 13.9. The van der Waals surface area contributed by atoms with Gasteiger partial charge in [-0.2, -0.15) is 0 Å².